The average Bonchev–Trinajstić information content (AvgIpc) is 2.96. The van der Waals surface area contributed by atoms with Crippen LogP contribution in [0, 0.1) is 0 Å². The highest BCUT2D eigenvalue weighted by Gasteiger charge is 2.29. The second kappa shape index (κ2) is 14.5. The van der Waals surface area contributed by atoms with Crippen LogP contribution in [-0.2, 0) is 25.7 Å². The number of carboxylic acids is 2. The first-order valence-corrected chi connectivity index (χ1v) is 13.1. The molecule has 0 bridgehead atoms. The third-order valence-electron chi connectivity index (χ3n) is 5.74. The Morgan fingerprint density at radius 2 is 1.67 bits per heavy atom. The third kappa shape index (κ3) is 9.10. The lowest BCUT2D eigenvalue weighted by atomic mass is 10.1. The van der Waals surface area contributed by atoms with Gasteiger partial charge in [0.2, 0.25) is 17.8 Å². The lowest BCUT2D eigenvalue weighted by molar-refractivity contribution is -0.142. The number of hydrogen-bond acceptors (Lipinski definition) is 13. The van der Waals surface area contributed by atoms with Gasteiger partial charge in [-0.3, -0.25) is 29.0 Å². The number of carbonyl (C=O) groups excluding carboxylic acids is 3. The van der Waals surface area contributed by atoms with Crippen molar-refractivity contribution in [1.82, 2.24) is 35.9 Å². The van der Waals surface area contributed by atoms with Crippen LogP contribution >= 0.6 is 12.6 Å². The van der Waals surface area contributed by atoms with Crippen molar-refractivity contribution in [2.24, 2.45) is 5.73 Å². The monoisotopic (exact) mass is 616 g/mol. The van der Waals surface area contributed by atoms with Crippen LogP contribution in [0.4, 0.5) is 11.6 Å². The predicted octanol–water partition coefficient (Wildman–Crippen LogP) is -2.58. The van der Waals surface area contributed by atoms with E-state index in [-0.39, 0.29) is 41.5 Å². The van der Waals surface area contributed by atoms with Crippen molar-refractivity contribution in [2.75, 3.05) is 23.3 Å². The Bertz CT molecular complexity index is 1580. The van der Waals surface area contributed by atoms with Gasteiger partial charge in [-0.25, -0.2) is 14.8 Å². The SMILES string of the molecule is Nc1nc2ncc(CNc3ccc(C(=O)NC[C@H](N)C(=O)N[C@@H](CC(=O)O)C(=O)N[C@@H](CS)C(=O)O)cc3)nc2c(=O)[nH]1. The number of benzene rings is 1. The van der Waals surface area contributed by atoms with Gasteiger partial charge in [-0.1, -0.05) is 0 Å². The second-order valence-corrected chi connectivity index (χ2v) is 9.34. The van der Waals surface area contributed by atoms with Gasteiger partial charge in [0.15, 0.2) is 11.2 Å². The van der Waals surface area contributed by atoms with Gasteiger partial charge in [0.1, 0.15) is 18.1 Å². The van der Waals surface area contributed by atoms with E-state index in [4.69, 9.17) is 21.7 Å². The predicted molar refractivity (Wildman–Crippen MR) is 154 cm³/mol. The van der Waals surface area contributed by atoms with Crippen LogP contribution in [0.25, 0.3) is 11.2 Å². The molecule has 0 saturated heterocycles. The lowest BCUT2D eigenvalue weighted by Gasteiger charge is -2.21. The van der Waals surface area contributed by atoms with Gasteiger partial charge in [-0.05, 0) is 24.3 Å². The fourth-order valence-electron chi connectivity index (χ4n) is 3.51. The van der Waals surface area contributed by atoms with Crippen molar-refractivity contribution in [3.8, 4) is 0 Å². The number of nitrogen functional groups attached to an aromatic ring is 1. The Balaban J connectivity index is 1.52. The zero-order valence-corrected chi connectivity index (χ0v) is 23.1. The second-order valence-electron chi connectivity index (χ2n) is 8.97. The molecule has 3 aromatic rings. The smallest absolute Gasteiger partial charge is 0.327 e. The molecule has 3 amide bonds. The summed E-state index contributed by atoms with van der Waals surface area (Å²) in [5.41, 5.74) is 12.2. The maximum absolute atomic E-state index is 12.5. The number of rotatable bonds is 14. The highest BCUT2D eigenvalue weighted by atomic mass is 32.1. The molecule has 2 heterocycles. The van der Waals surface area contributed by atoms with Gasteiger partial charge < -0.3 is 42.9 Å². The van der Waals surface area contributed by atoms with Crippen LogP contribution in [0.2, 0.25) is 0 Å². The van der Waals surface area contributed by atoms with Crippen LogP contribution in [0.3, 0.4) is 0 Å². The van der Waals surface area contributed by atoms with E-state index >= 15 is 0 Å². The number of nitrogens with zero attached hydrogens (tertiary/aromatic N) is 3. The number of carbonyl (C=O) groups is 5. The number of H-pyrrole nitrogens is 1. The average molecular weight is 617 g/mol. The largest absolute Gasteiger partial charge is 0.481 e. The molecule has 0 saturated carbocycles. The molecule has 11 N–H and O–H groups in total. The molecule has 43 heavy (non-hydrogen) atoms. The highest BCUT2D eigenvalue weighted by Crippen LogP contribution is 2.12. The molecular formula is C24H28N10O8S. The number of nitrogens with two attached hydrogens (primary N) is 2. The molecule has 0 aliphatic heterocycles. The zero-order valence-electron chi connectivity index (χ0n) is 22.2. The molecule has 18 nitrogen and oxygen atoms in total. The van der Waals surface area contributed by atoms with Gasteiger partial charge in [0.25, 0.3) is 11.5 Å². The van der Waals surface area contributed by atoms with Crippen molar-refractivity contribution < 1.29 is 34.2 Å². The molecule has 0 spiro atoms. The van der Waals surface area contributed by atoms with Gasteiger partial charge in [-0.2, -0.15) is 17.6 Å². The van der Waals surface area contributed by atoms with Crippen molar-refractivity contribution in [3.05, 3.63) is 52.1 Å². The van der Waals surface area contributed by atoms with Gasteiger partial charge in [0, 0.05) is 23.5 Å². The Morgan fingerprint density at radius 1 is 1.00 bits per heavy atom. The summed E-state index contributed by atoms with van der Waals surface area (Å²) < 4.78 is 0. The van der Waals surface area contributed by atoms with Gasteiger partial charge >= 0.3 is 11.9 Å². The number of thiol groups is 1. The molecule has 0 unspecified atom stereocenters. The van der Waals surface area contributed by atoms with E-state index in [1.807, 2.05) is 0 Å². The third-order valence-corrected chi connectivity index (χ3v) is 6.10. The molecule has 3 rings (SSSR count). The normalized spacial score (nSPS) is 12.9. The topological polar surface area (TPSA) is 298 Å². The number of amides is 3. The molecule has 0 aliphatic rings. The fraction of sp³-hybridized carbons (Fsp3) is 0.292. The minimum Gasteiger partial charge on any atom is -0.481 e. The summed E-state index contributed by atoms with van der Waals surface area (Å²) in [6.45, 7) is -0.157. The fourth-order valence-corrected chi connectivity index (χ4v) is 3.75. The van der Waals surface area contributed by atoms with Crippen molar-refractivity contribution >= 4 is 65.1 Å². The molecular weight excluding hydrogens is 588 g/mol. The number of aromatic amines is 1. The van der Waals surface area contributed by atoms with E-state index in [1.165, 1.54) is 18.3 Å². The molecule has 0 radical (unpaired) electrons. The summed E-state index contributed by atoms with van der Waals surface area (Å²) >= 11 is 3.81. The Kier molecular flexibility index (Phi) is 10.9. The Labute approximate surface area is 247 Å². The van der Waals surface area contributed by atoms with Gasteiger partial charge in [-0.15, -0.1) is 0 Å². The number of carboxylic acid groups (broad SMARTS) is 2. The first-order chi connectivity index (χ1) is 20.4. The van der Waals surface area contributed by atoms with Crippen LogP contribution < -0.4 is 38.3 Å². The van der Waals surface area contributed by atoms with Crippen LogP contribution in [0.1, 0.15) is 22.5 Å². The maximum atomic E-state index is 12.5. The summed E-state index contributed by atoms with van der Waals surface area (Å²) in [5.74, 6) is -5.73. The summed E-state index contributed by atoms with van der Waals surface area (Å²) in [6, 6.07) is 1.82. The van der Waals surface area contributed by atoms with E-state index < -0.39 is 59.8 Å². The van der Waals surface area contributed by atoms with E-state index in [1.54, 1.807) is 12.1 Å². The van der Waals surface area contributed by atoms with Crippen LogP contribution in [0.15, 0.2) is 35.3 Å². The number of anilines is 2. The number of aliphatic carboxylic acids is 2. The Hall–Kier alpha value is -5.30. The highest BCUT2D eigenvalue weighted by molar-refractivity contribution is 7.80. The van der Waals surface area contributed by atoms with E-state index in [0.29, 0.717) is 11.4 Å². The summed E-state index contributed by atoms with van der Waals surface area (Å²) in [6.07, 6.45) is 0.599. The summed E-state index contributed by atoms with van der Waals surface area (Å²) in [7, 11) is 0. The molecule has 1 aromatic carbocycles. The lowest BCUT2D eigenvalue weighted by Crippen LogP contribution is -2.57. The zero-order chi connectivity index (χ0) is 31.7. The Morgan fingerprint density at radius 3 is 2.30 bits per heavy atom. The molecule has 2 aromatic heterocycles. The van der Waals surface area contributed by atoms with E-state index in [0.717, 1.165) is 0 Å². The summed E-state index contributed by atoms with van der Waals surface area (Å²) in [5, 5.41) is 27.9. The molecule has 228 valence electrons. The number of hydrogen-bond donors (Lipinski definition) is 10. The molecule has 19 heteroatoms. The summed E-state index contributed by atoms with van der Waals surface area (Å²) in [4.78, 5) is 86.2. The first kappa shape index (κ1) is 32.2. The number of nitrogens with one attached hydrogen (secondary N) is 5. The standard InChI is InChI=1S/C24H28N10O8S/c25-13(20(38)31-14(5-16(35)36)21(39)32-15(9-43)23(41)42)8-29-19(37)10-1-3-11(4-2-10)27-6-12-7-28-18-17(30-12)22(40)34-24(26)33-18/h1-4,7,13-15,27,43H,5-6,8-9,25H2,(H,29,37)(H,31,38)(H,32,39)(H,35,36)(H,41,42)(H3,26,28,33,34,40)/t13-,14-,15-/m0/s1. The maximum Gasteiger partial charge on any atom is 0.327 e. The van der Waals surface area contributed by atoms with E-state index in [2.05, 4.69) is 53.8 Å². The number of aromatic nitrogens is 4. The number of fused-ring (bicyclic) bond motifs is 1. The van der Waals surface area contributed by atoms with Crippen LogP contribution in [-0.4, -0.2) is 90.2 Å². The van der Waals surface area contributed by atoms with Crippen molar-refractivity contribution in [2.45, 2.75) is 31.1 Å². The van der Waals surface area contributed by atoms with E-state index in [9.17, 15) is 28.8 Å². The molecule has 0 aliphatic carbocycles. The van der Waals surface area contributed by atoms with Crippen molar-refractivity contribution in [3.63, 3.8) is 0 Å². The first-order valence-electron chi connectivity index (χ1n) is 12.4. The van der Waals surface area contributed by atoms with Gasteiger partial charge in [0.05, 0.1) is 24.9 Å². The van der Waals surface area contributed by atoms with Crippen molar-refractivity contribution in [1.29, 1.82) is 0 Å². The molecule has 0 fully saturated rings. The van der Waals surface area contributed by atoms with Crippen LogP contribution in [0.5, 0.6) is 0 Å². The minimum atomic E-state index is -1.62. The minimum absolute atomic E-state index is 0.0356. The molecule has 3 atom stereocenters. The quantitative estimate of drug-likeness (QED) is 0.0833.